The fourth-order valence-corrected chi connectivity index (χ4v) is 4.65. The fourth-order valence-electron chi connectivity index (χ4n) is 4.65. The highest BCUT2D eigenvalue weighted by Gasteiger charge is 2.68. The predicted octanol–water partition coefficient (Wildman–Crippen LogP) is 3.21. The maximum Gasteiger partial charge on any atom is 0.0684 e. The Bertz CT molecular complexity index is 344. The number of nitrogens with one attached hydrogen (secondary N) is 1. The van der Waals surface area contributed by atoms with Gasteiger partial charge in [-0.05, 0) is 23.7 Å². The van der Waals surface area contributed by atoms with Gasteiger partial charge in [0.25, 0.3) is 0 Å². The van der Waals surface area contributed by atoms with Crippen LogP contribution in [0, 0.1) is 22.2 Å². The molecule has 3 fully saturated rings. The SMILES string of the molecule is CC1(C)C(NC2C(C)(C)C2(C)C)C2CCCOC21. The predicted molar refractivity (Wildman–Crippen MR) is 74.5 cm³/mol. The molecule has 3 rings (SSSR count). The zero-order valence-corrected chi connectivity index (χ0v) is 12.8. The maximum atomic E-state index is 5.99. The van der Waals surface area contributed by atoms with E-state index in [9.17, 15) is 0 Å². The molecule has 2 heteroatoms. The van der Waals surface area contributed by atoms with Crippen molar-refractivity contribution in [3.63, 3.8) is 0 Å². The van der Waals surface area contributed by atoms with Gasteiger partial charge in [0.15, 0.2) is 0 Å². The minimum absolute atomic E-state index is 0.305. The molecule has 3 atom stereocenters. The van der Waals surface area contributed by atoms with Crippen LogP contribution in [0.15, 0.2) is 0 Å². The van der Waals surface area contributed by atoms with Gasteiger partial charge in [0.1, 0.15) is 0 Å². The van der Waals surface area contributed by atoms with Gasteiger partial charge in [-0.2, -0.15) is 0 Å². The fraction of sp³-hybridized carbons (Fsp3) is 1.00. The Hall–Kier alpha value is -0.0800. The highest BCUT2D eigenvalue weighted by Crippen LogP contribution is 2.64. The second-order valence-electron chi connectivity index (χ2n) is 8.44. The van der Waals surface area contributed by atoms with E-state index >= 15 is 0 Å². The number of ether oxygens (including phenoxy) is 1. The first-order valence-electron chi connectivity index (χ1n) is 7.58. The Balaban J connectivity index is 1.71. The Kier molecular flexibility index (Phi) is 2.53. The van der Waals surface area contributed by atoms with Gasteiger partial charge < -0.3 is 10.1 Å². The van der Waals surface area contributed by atoms with Crippen molar-refractivity contribution in [2.45, 2.75) is 72.6 Å². The van der Waals surface area contributed by atoms with Crippen LogP contribution in [0.2, 0.25) is 0 Å². The molecule has 0 aromatic heterocycles. The minimum atomic E-state index is 0.305. The summed E-state index contributed by atoms with van der Waals surface area (Å²) in [5, 5.41) is 3.98. The number of fused-ring (bicyclic) bond motifs is 1. The van der Waals surface area contributed by atoms with Gasteiger partial charge in [-0.3, -0.25) is 0 Å². The Morgan fingerprint density at radius 2 is 1.61 bits per heavy atom. The van der Waals surface area contributed by atoms with E-state index in [4.69, 9.17) is 4.74 Å². The number of hydrogen-bond donors (Lipinski definition) is 1. The van der Waals surface area contributed by atoms with E-state index in [2.05, 4.69) is 46.9 Å². The summed E-state index contributed by atoms with van der Waals surface area (Å²) in [6.07, 6.45) is 3.08. The molecule has 1 aliphatic heterocycles. The zero-order valence-electron chi connectivity index (χ0n) is 12.8. The average Bonchev–Trinajstić information content (AvgIpc) is 2.66. The van der Waals surface area contributed by atoms with Gasteiger partial charge in [-0.25, -0.2) is 0 Å². The van der Waals surface area contributed by atoms with Crippen LogP contribution in [-0.2, 0) is 4.74 Å². The monoisotopic (exact) mass is 251 g/mol. The molecule has 0 spiro atoms. The van der Waals surface area contributed by atoms with Crippen molar-refractivity contribution in [1.29, 1.82) is 0 Å². The molecule has 0 amide bonds. The topological polar surface area (TPSA) is 21.3 Å². The molecule has 0 bridgehead atoms. The zero-order chi connectivity index (χ0) is 13.3. The summed E-state index contributed by atoms with van der Waals surface area (Å²) >= 11 is 0. The van der Waals surface area contributed by atoms with Crippen LogP contribution in [0.3, 0.4) is 0 Å². The number of hydrogen-bond acceptors (Lipinski definition) is 2. The Labute approximate surface area is 112 Å². The van der Waals surface area contributed by atoms with Crippen LogP contribution in [0.5, 0.6) is 0 Å². The van der Waals surface area contributed by atoms with Crippen LogP contribution in [0.4, 0.5) is 0 Å². The molecule has 1 heterocycles. The highest BCUT2D eigenvalue weighted by molar-refractivity contribution is 5.21. The van der Waals surface area contributed by atoms with E-state index in [0.717, 1.165) is 12.5 Å². The molecular formula is C16H29NO. The summed E-state index contributed by atoms with van der Waals surface area (Å²) < 4.78 is 5.99. The van der Waals surface area contributed by atoms with E-state index in [0.29, 0.717) is 34.4 Å². The van der Waals surface area contributed by atoms with Crippen LogP contribution in [0.25, 0.3) is 0 Å². The summed E-state index contributed by atoms with van der Waals surface area (Å²) in [6.45, 7) is 15.3. The summed E-state index contributed by atoms with van der Waals surface area (Å²) in [4.78, 5) is 0. The molecule has 18 heavy (non-hydrogen) atoms. The minimum Gasteiger partial charge on any atom is -0.377 e. The van der Waals surface area contributed by atoms with Crippen LogP contribution in [0.1, 0.15) is 54.4 Å². The molecule has 3 unspecified atom stereocenters. The molecular weight excluding hydrogens is 222 g/mol. The van der Waals surface area contributed by atoms with Crippen LogP contribution >= 0.6 is 0 Å². The van der Waals surface area contributed by atoms with E-state index in [1.54, 1.807) is 0 Å². The summed E-state index contributed by atoms with van der Waals surface area (Å²) in [5.74, 6) is 0.751. The third-order valence-corrected chi connectivity index (χ3v) is 6.70. The van der Waals surface area contributed by atoms with E-state index < -0.39 is 0 Å². The lowest BCUT2D eigenvalue weighted by Gasteiger charge is -2.60. The Morgan fingerprint density at radius 3 is 2.17 bits per heavy atom. The van der Waals surface area contributed by atoms with E-state index in [1.165, 1.54) is 12.8 Å². The lowest BCUT2D eigenvalue weighted by atomic mass is 9.55. The Morgan fingerprint density at radius 1 is 1.00 bits per heavy atom. The first-order valence-corrected chi connectivity index (χ1v) is 7.58. The third kappa shape index (κ3) is 1.42. The third-order valence-electron chi connectivity index (χ3n) is 6.70. The lowest BCUT2D eigenvalue weighted by molar-refractivity contribution is -0.193. The quantitative estimate of drug-likeness (QED) is 0.813. The second kappa shape index (κ2) is 3.52. The van der Waals surface area contributed by atoms with Crippen LogP contribution < -0.4 is 5.32 Å². The normalized spacial score (nSPS) is 44.0. The first kappa shape index (κ1) is 12.9. The second-order valence-corrected chi connectivity index (χ2v) is 8.44. The molecule has 1 saturated heterocycles. The van der Waals surface area contributed by atoms with Gasteiger partial charge in [0.2, 0.25) is 0 Å². The van der Waals surface area contributed by atoms with Gasteiger partial charge in [0, 0.05) is 30.0 Å². The van der Waals surface area contributed by atoms with Crippen LogP contribution in [-0.4, -0.2) is 24.8 Å². The van der Waals surface area contributed by atoms with Crippen molar-refractivity contribution in [2.24, 2.45) is 22.2 Å². The van der Waals surface area contributed by atoms with Crippen molar-refractivity contribution in [3.05, 3.63) is 0 Å². The first-order chi connectivity index (χ1) is 8.20. The van der Waals surface area contributed by atoms with Gasteiger partial charge in [-0.15, -0.1) is 0 Å². The highest BCUT2D eigenvalue weighted by atomic mass is 16.5. The number of rotatable bonds is 2. The van der Waals surface area contributed by atoms with Crippen molar-refractivity contribution in [3.8, 4) is 0 Å². The molecule has 2 aliphatic carbocycles. The van der Waals surface area contributed by atoms with Gasteiger partial charge >= 0.3 is 0 Å². The molecule has 1 N–H and O–H groups in total. The van der Waals surface area contributed by atoms with Crippen molar-refractivity contribution in [1.82, 2.24) is 5.32 Å². The molecule has 0 aromatic rings. The van der Waals surface area contributed by atoms with Gasteiger partial charge in [-0.1, -0.05) is 41.5 Å². The lowest BCUT2D eigenvalue weighted by Crippen LogP contribution is -2.70. The standard InChI is InChI=1S/C16H29NO/c1-14(2)11(10-8-7-9-18-12(10)14)17-13-15(3,4)16(13,5)6/h10-13,17H,7-9H2,1-6H3. The average molecular weight is 251 g/mol. The molecule has 0 radical (unpaired) electrons. The summed E-state index contributed by atoms with van der Waals surface area (Å²) in [6, 6.07) is 1.31. The van der Waals surface area contributed by atoms with Gasteiger partial charge in [0.05, 0.1) is 6.10 Å². The molecule has 2 nitrogen and oxygen atoms in total. The largest absolute Gasteiger partial charge is 0.377 e. The summed E-state index contributed by atoms with van der Waals surface area (Å²) in [7, 11) is 0. The molecule has 0 aromatic carbocycles. The summed E-state index contributed by atoms with van der Waals surface area (Å²) in [5.41, 5.74) is 1.17. The maximum absolute atomic E-state index is 5.99. The van der Waals surface area contributed by atoms with Crippen molar-refractivity contribution in [2.75, 3.05) is 6.61 Å². The molecule has 2 saturated carbocycles. The van der Waals surface area contributed by atoms with E-state index in [1.807, 2.05) is 0 Å². The van der Waals surface area contributed by atoms with E-state index in [-0.39, 0.29) is 0 Å². The van der Waals surface area contributed by atoms with Crippen molar-refractivity contribution >= 4 is 0 Å². The molecule has 104 valence electrons. The molecule has 3 aliphatic rings. The smallest absolute Gasteiger partial charge is 0.0684 e. The van der Waals surface area contributed by atoms with Crippen molar-refractivity contribution < 1.29 is 4.74 Å².